The van der Waals surface area contributed by atoms with Crippen molar-refractivity contribution in [1.29, 1.82) is 0 Å². The first-order chi connectivity index (χ1) is 18.5. The van der Waals surface area contributed by atoms with E-state index in [1.807, 2.05) is 18.2 Å². The SMILES string of the molecule is CC(C)(C)OC(=O)NCCC(=O)NC[C@H](NC(=O)OCc1ccccc1)C(=O)OC1CCc2cc(O)ccc21. The van der Waals surface area contributed by atoms with E-state index in [1.165, 1.54) is 6.07 Å². The second kappa shape index (κ2) is 13.5. The lowest BCUT2D eigenvalue weighted by atomic mass is 10.1. The molecule has 3 rings (SSSR count). The zero-order valence-electron chi connectivity index (χ0n) is 22.3. The topological polar surface area (TPSA) is 152 Å². The van der Waals surface area contributed by atoms with Crippen LogP contribution < -0.4 is 16.0 Å². The Morgan fingerprint density at radius 1 is 1.03 bits per heavy atom. The highest BCUT2D eigenvalue weighted by molar-refractivity contribution is 5.83. The number of phenols is 1. The second-order valence-electron chi connectivity index (χ2n) is 10.1. The molecule has 2 atom stereocenters. The molecule has 2 aromatic carbocycles. The summed E-state index contributed by atoms with van der Waals surface area (Å²) in [6, 6.07) is 12.7. The van der Waals surface area contributed by atoms with E-state index in [9.17, 15) is 24.3 Å². The Morgan fingerprint density at radius 2 is 1.77 bits per heavy atom. The van der Waals surface area contributed by atoms with Gasteiger partial charge in [-0.3, -0.25) is 4.79 Å². The highest BCUT2D eigenvalue weighted by atomic mass is 16.6. The molecule has 11 nitrogen and oxygen atoms in total. The molecule has 210 valence electrons. The quantitative estimate of drug-likeness (QED) is 0.264. The maximum Gasteiger partial charge on any atom is 0.408 e. The third-order valence-corrected chi connectivity index (χ3v) is 5.72. The maximum absolute atomic E-state index is 13.1. The van der Waals surface area contributed by atoms with Crippen molar-refractivity contribution in [1.82, 2.24) is 16.0 Å². The van der Waals surface area contributed by atoms with Gasteiger partial charge in [-0.2, -0.15) is 0 Å². The number of alkyl carbamates (subject to hydrolysis) is 2. The van der Waals surface area contributed by atoms with Gasteiger partial charge in [0.25, 0.3) is 0 Å². The number of aromatic hydroxyl groups is 1. The number of phenolic OH excluding ortho intramolecular Hbond substituents is 1. The molecule has 1 aliphatic rings. The minimum absolute atomic E-state index is 0.00334. The molecule has 39 heavy (non-hydrogen) atoms. The van der Waals surface area contributed by atoms with Crippen LogP contribution in [0.15, 0.2) is 48.5 Å². The average Bonchev–Trinajstić information content (AvgIpc) is 3.26. The van der Waals surface area contributed by atoms with Crippen LogP contribution in [-0.4, -0.2) is 53.9 Å². The fraction of sp³-hybridized carbons (Fsp3) is 0.429. The molecule has 3 amide bonds. The molecule has 0 saturated carbocycles. The van der Waals surface area contributed by atoms with Gasteiger partial charge in [0.15, 0.2) is 0 Å². The summed E-state index contributed by atoms with van der Waals surface area (Å²) in [5, 5.41) is 17.2. The van der Waals surface area contributed by atoms with Gasteiger partial charge in [0.05, 0.1) is 0 Å². The van der Waals surface area contributed by atoms with Crippen molar-refractivity contribution in [3.05, 3.63) is 65.2 Å². The summed E-state index contributed by atoms with van der Waals surface area (Å²) in [4.78, 5) is 49.6. The Morgan fingerprint density at radius 3 is 2.49 bits per heavy atom. The van der Waals surface area contributed by atoms with Crippen LogP contribution in [0.3, 0.4) is 0 Å². The van der Waals surface area contributed by atoms with E-state index >= 15 is 0 Å². The number of fused-ring (bicyclic) bond motifs is 1. The first kappa shape index (κ1) is 29.3. The van der Waals surface area contributed by atoms with Crippen molar-refractivity contribution in [3.8, 4) is 5.75 Å². The Kier molecular flexibility index (Phi) is 10.1. The third kappa shape index (κ3) is 9.84. The zero-order valence-corrected chi connectivity index (χ0v) is 22.3. The summed E-state index contributed by atoms with van der Waals surface area (Å²) in [5.74, 6) is -1.07. The van der Waals surface area contributed by atoms with Crippen LogP contribution in [0.4, 0.5) is 9.59 Å². The minimum atomic E-state index is -1.22. The normalized spacial score (nSPS) is 14.9. The molecule has 0 heterocycles. The molecule has 0 radical (unpaired) electrons. The summed E-state index contributed by atoms with van der Waals surface area (Å²) in [6.45, 7) is 4.95. The maximum atomic E-state index is 13.1. The van der Waals surface area contributed by atoms with E-state index in [1.54, 1.807) is 45.0 Å². The van der Waals surface area contributed by atoms with Crippen molar-refractivity contribution in [2.24, 2.45) is 0 Å². The largest absolute Gasteiger partial charge is 0.508 e. The highest BCUT2D eigenvalue weighted by Gasteiger charge is 2.31. The number of amides is 3. The summed E-state index contributed by atoms with van der Waals surface area (Å²) in [5.41, 5.74) is 1.76. The van der Waals surface area contributed by atoms with E-state index < -0.39 is 41.8 Å². The lowest BCUT2D eigenvalue weighted by molar-refractivity contribution is -0.151. The van der Waals surface area contributed by atoms with Crippen molar-refractivity contribution >= 4 is 24.1 Å². The van der Waals surface area contributed by atoms with Gasteiger partial charge in [0.2, 0.25) is 5.91 Å². The Hall–Kier alpha value is -4.28. The molecule has 0 aromatic heterocycles. The molecule has 1 unspecified atom stereocenters. The van der Waals surface area contributed by atoms with Crippen molar-refractivity contribution < 1.29 is 38.5 Å². The number of carbonyl (C=O) groups is 4. The first-order valence-electron chi connectivity index (χ1n) is 12.7. The van der Waals surface area contributed by atoms with Gasteiger partial charge in [-0.1, -0.05) is 36.4 Å². The van der Waals surface area contributed by atoms with E-state index in [2.05, 4.69) is 16.0 Å². The fourth-order valence-corrected chi connectivity index (χ4v) is 3.91. The summed E-state index contributed by atoms with van der Waals surface area (Å²) in [6.07, 6.45) is -0.966. The third-order valence-electron chi connectivity index (χ3n) is 5.72. The number of nitrogens with one attached hydrogen (secondary N) is 3. The number of carbonyl (C=O) groups excluding carboxylic acids is 4. The van der Waals surface area contributed by atoms with Gasteiger partial charge in [-0.15, -0.1) is 0 Å². The van der Waals surface area contributed by atoms with Crippen LogP contribution in [0.5, 0.6) is 5.75 Å². The van der Waals surface area contributed by atoms with E-state index in [-0.39, 0.29) is 31.9 Å². The molecular formula is C28H35N3O8. The summed E-state index contributed by atoms with van der Waals surface area (Å²) in [7, 11) is 0. The van der Waals surface area contributed by atoms with Crippen LogP contribution in [0.2, 0.25) is 0 Å². The fourth-order valence-electron chi connectivity index (χ4n) is 3.91. The predicted molar refractivity (Wildman–Crippen MR) is 141 cm³/mol. The molecule has 2 aromatic rings. The van der Waals surface area contributed by atoms with Gasteiger partial charge in [-0.25, -0.2) is 14.4 Å². The summed E-state index contributed by atoms with van der Waals surface area (Å²) >= 11 is 0. The molecule has 0 spiro atoms. The first-order valence-corrected chi connectivity index (χ1v) is 12.7. The molecule has 0 saturated heterocycles. The summed E-state index contributed by atoms with van der Waals surface area (Å²) < 4.78 is 16.0. The van der Waals surface area contributed by atoms with Gasteiger partial charge < -0.3 is 35.3 Å². The molecular weight excluding hydrogens is 506 g/mol. The monoisotopic (exact) mass is 541 g/mol. The van der Waals surface area contributed by atoms with Gasteiger partial charge in [-0.05, 0) is 62.4 Å². The van der Waals surface area contributed by atoms with Crippen LogP contribution >= 0.6 is 0 Å². The Bertz CT molecular complexity index is 1160. The number of ether oxygens (including phenoxy) is 3. The van der Waals surface area contributed by atoms with E-state index in [0.717, 1.165) is 16.7 Å². The van der Waals surface area contributed by atoms with Crippen LogP contribution in [-0.2, 0) is 36.8 Å². The van der Waals surface area contributed by atoms with Crippen LogP contribution in [0.25, 0.3) is 0 Å². The minimum Gasteiger partial charge on any atom is -0.508 e. The number of hydrogen-bond acceptors (Lipinski definition) is 8. The standard InChI is InChI=1S/C28H35N3O8/c1-28(2,3)39-26(35)29-14-13-24(33)30-16-22(31-27(36)37-17-18-7-5-4-6-8-18)25(34)38-23-12-9-19-15-20(32)10-11-21(19)23/h4-8,10-11,15,22-23,32H,9,12-14,16-17H2,1-3H3,(H,29,35)(H,30,33)(H,31,36)/t22-,23?/m0/s1. The van der Waals surface area contributed by atoms with Crippen LogP contribution in [0, 0.1) is 0 Å². The van der Waals surface area contributed by atoms with Crippen molar-refractivity contribution in [3.63, 3.8) is 0 Å². The predicted octanol–water partition coefficient (Wildman–Crippen LogP) is 3.25. The molecule has 0 bridgehead atoms. The van der Waals surface area contributed by atoms with E-state index in [4.69, 9.17) is 14.2 Å². The van der Waals surface area contributed by atoms with E-state index in [0.29, 0.717) is 12.8 Å². The number of aryl methyl sites for hydroxylation is 1. The zero-order chi connectivity index (χ0) is 28.4. The highest BCUT2D eigenvalue weighted by Crippen LogP contribution is 2.36. The van der Waals surface area contributed by atoms with Gasteiger partial charge >= 0.3 is 18.2 Å². The lowest BCUT2D eigenvalue weighted by Gasteiger charge is -2.21. The number of rotatable bonds is 10. The Balaban J connectivity index is 1.56. The van der Waals surface area contributed by atoms with Crippen molar-refractivity contribution in [2.45, 2.75) is 64.4 Å². The Labute approximate surface area is 227 Å². The van der Waals surface area contributed by atoms with Gasteiger partial charge in [0, 0.05) is 19.5 Å². The average molecular weight is 542 g/mol. The van der Waals surface area contributed by atoms with Crippen molar-refractivity contribution in [2.75, 3.05) is 13.1 Å². The number of benzene rings is 2. The number of esters is 1. The smallest absolute Gasteiger partial charge is 0.408 e. The number of hydrogen-bond donors (Lipinski definition) is 4. The van der Waals surface area contributed by atoms with Gasteiger partial charge in [0.1, 0.15) is 30.1 Å². The molecule has 0 fully saturated rings. The molecule has 4 N–H and O–H groups in total. The van der Waals surface area contributed by atoms with Crippen LogP contribution in [0.1, 0.15) is 56.4 Å². The molecule has 11 heteroatoms. The second-order valence-corrected chi connectivity index (χ2v) is 10.1. The molecule has 0 aliphatic heterocycles. The molecule has 1 aliphatic carbocycles. The lowest BCUT2D eigenvalue weighted by Crippen LogP contribution is -2.49.